The van der Waals surface area contributed by atoms with E-state index in [-0.39, 0.29) is 6.04 Å². The maximum Gasteiger partial charge on any atom is 0.243 e. The van der Waals surface area contributed by atoms with E-state index >= 15 is 0 Å². The van der Waals surface area contributed by atoms with Gasteiger partial charge in [0.2, 0.25) is 10.0 Å². The lowest BCUT2D eigenvalue weighted by Gasteiger charge is -2.23. The molecule has 0 amide bonds. The van der Waals surface area contributed by atoms with Crippen LogP contribution in [-0.2, 0) is 16.6 Å². The molecule has 0 aliphatic rings. The van der Waals surface area contributed by atoms with E-state index in [9.17, 15) is 8.42 Å². The molecule has 0 saturated carbocycles. The predicted octanol–water partition coefficient (Wildman–Crippen LogP) is 2.56. The fourth-order valence-corrected chi connectivity index (χ4v) is 4.01. The van der Waals surface area contributed by atoms with Gasteiger partial charge in [-0.1, -0.05) is 26.0 Å². The minimum atomic E-state index is -3.41. The highest BCUT2D eigenvalue weighted by Crippen LogP contribution is 2.18. The third-order valence-corrected chi connectivity index (χ3v) is 6.15. The van der Waals surface area contributed by atoms with Gasteiger partial charge in [0.15, 0.2) is 0 Å². The van der Waals surface area contributed by atoms with Crippen LogP contribution in [0.4, 0.5) is 0 Å². The van der Waals surface area contributed by atoms with Crippen LogP contribution >= 0.6 is 11.8 Å². The Kier molecular flexibility index (Phi) is 7.20. The summed E-state index contributed by atoms with van der Waals surface area (Å²) in [6.07, 6.45) is 1.98. The molecular formula is C15H26N2O2S2. The summed E-state index contributed by atoms with van der Waals surface area (Å²) in [6.45, 7) is 6.84. The monoisotopic (exact) mass is 330 g/mol. The molecule has 1 N–H and O–H groups in total. The lowest BCUT2D eigenvalue weighted by molar-refractivity contribution is 0.415. The number of nitrogens with one attached hydrogen (secondary N) is 1. The first kappa shape index (κ1) is 18.5. The van der Waals surface area contributed by atoms with Crippen molar-refractivity contribution in [3.8, 4) is 0 Å². The van der Waals surface area contributed by atoms with Gasteiger partial charge in [-0.15, -0.1) is 0 Å². The Bertz CT molecular complexity index is 527. The maximum absolute atomic E-state index is 12.5. The Morgan fingerprint density at radius 3 is 2.24 bits per heavy atom. The van der Waals surface area contributed by atoms with E-state index < -0.39 is 10.0 Å². The zero-order chi connectivity index (χ0) is 16.0. The van der Waals surface area contributed by atoms with Crippen molar-refractivity contribution in [3.05, 3.63) is 29.8 Å². The fraction of sp³-hybridized carbons (Fsp3) is 0.600. The summed E-state index contributed by atoms with van der Waals surface area (Å²) in [4.78, 5) is 0.353. The molecule has 0 aliphatic heterocycles. The highest BCUT2D eigenvalue weighted by molar-refractivity contribution is 7.98. The molecule has 1 rings (SSSR count). The Labute approximate surface area is 133 Å². The smallest absolute Gasteiger partial charge is 0.243 e. The summed E-state index contributed by atoms with van der Waals surface area (Å²) < 4.78 is 26.5. The van der Waals surface area contributed by atoms with Crippen molar-refractivity contribution in [2.75, 3.05) is 19.1 Å². The number of thioether (sulfide) groups is 1. The van der Waals surface area contributed by atoms with Crippen LogP contribution in [0, 0.1) is 0 Å². The Morgan fingerprint density at radius 2 is 1.76 bits per heavy atom. The lowest BCUT2D eigenvalue weighted by Crippen LogP contribution is -2.36. The molecule has 1 aromatic carbocycles. The molecular weight excluding hydrogens is 304 g/mol. The van der Waals surface area contributed by atoms with E-state index in [0.717, 1.165) is 17.9 Å². The van der Waals surface area contributed by atoms with Gasteiger partial charge in [0, 0.05) is 31.4 Å². The number of hydrogen-bond donors (Lipinski definition) is 1. The molecule has 0 radical (unpaired) electrons. The number of benzene rings is 1. The zero-order valence-electron chi connectivity index (χ0n) is 13.5. The second-order valence-corrected chi connectivity index (χ2v) is 8.41. The van der Waals surface area contributed by atoms with Crippen molar-refractivity contribution in [1.82, 2.24) is 9.62 Å². The van der Waals surface area contributed by atoms with E-state index in [4.69, 9.17) is 0 Å². The van der Waals surface area contributed by atoms with Crippen molar-refractivity contribution >= 4 is 21.8 Å². The standard InChI is InChI=1S/C15H26N2O2S2/c1-12(2)16-10-14-6-8-15(9-7-14)21(18,19)17(4)13(3)11-20-5/h6-9,12-13,16H,10-11H2,1-5H3. The van der Waals surface area contributed by atoms with Crippen LogP contribution in [0.25, 0.3) is 0 Å². The van der Waals surface area contributed by atoms with Crippen LogP contribution in [0.15, 0.2) is 29.2 Å². The van der Waals surface area contributed by atoms with Gasteiger partial charge in [0.25, 0.3) is 0 Å². The topological polar surface area (TPSA) is 49.4 Å². The van der Waals surface area contributed by atoms with Crippen LogP contribution in [0.2, 0.25) is 0 Å². The normalized spacial score (nSPS) is 13.9. The van der Waals surface area contributed by atoms with Gasteiger partial charge in [0.1, 0.15) is 0 Å². The summed E-state index contributed by atoms with van der Waals surface area (Å²) in [5.41, 5.74) is 1.09. The minimum Gasteiger partial charge on any atom is -0.310 e. The molecule has 0 aromatic heterocycles. The predicted molar refractivity (Wildman–Crippen MR) is 91.2 cm³/mol. The maximum atomic E-state index is 12.5. The SMILES string of the molecule is CSCC(C)N(C)S(=O)(=O)c1ccc(CNC(C)C)cc1. The van der Waals surface area contributed by atoms with Gasteiger partial charge >= 0.3 is 0 Å². The van der Waals surface area contributed by atoms with Gasteiger partial charge < -0.3 is 5.32 Å². The number of rotatable bonds is 8. The van der Waals surface area contributed by atoms with Crippen molar-refractivity contribution in [2.45, 2.75) is 44.3 Å². The Balaban J connectivity index is 2.84. The summed E-state index contributed by atoms with van der Waals surface area (Å²) in [5, 5.41) is 3.32. The second kappa shape index (κ2) is 8.17. The van der Waals surface area contributed by atoms with E-state index in [2.05, 4.69) is 19.2 Å². The molecule has 0 saturated heterocycles. The molecule has 21 heavy (non-hydrogen) atoms. The van der Waals surface area contributed by atoms with Gasteiger partial charge in [-0.05, 0) is 30.9 Å². The number of nitrogens with zero attached hydrogens (tertiary/aromatic N) is 1. The molecule has 1 aromatic rings. The summed E-state index contributed by atoms with van der Waals surface area (Å²) in [5.74, 6) is 0.784. The molecule has 6 heteroatoms. The first-order valence-electron chi connectivity index (χ1n) is 7.08. The molecule has 4 nitrogen and oxygen atoms in total. The third kappa shape index (κ3) is 5.29. The molecule has 0 bridgehead atoms. The summed E-state index contributed by atoms with van der Waals surface area (Å²) >= 11 is 1.65. The molecule has 0 spiro atoms. The Hall–Kier alpha value is -0.560. The zero-order valence-corrected chi connectivity index (χ0v) is 15.1. The van der Waals surface area contributed by atoms with E-state index in [1.807, 2.05) is 25.3 Å². The van der Waals surface area contributed by atoms with Gasteiger partial charge in [-0.2, -0.15) is 16.1 Å². The summed E-state index contributed by atoms with van der Waals surface area (Å²) in [7, 11) is -1.77. The molecule has 1 unspecified atom stereocenters. The average molecular weight is 331 g/mol. The van der Waals surface area contributed by atoms with Crippen molar-refractivity contribution in [1.29, 1.82) is 0 Å². The first-order chi connectivity index (χ1) is 9.78. The third-order valence-electron chi connectivity index (χ3n) is 3.34. The van der Waals surface area contributed by atoms with Crippen molar-refractivity contribution in [2.24, 2.45) is 0 Å². The number of hydrogen-bond acceptors (Lipinski definition) is 4. The quantitative estimate of drug-likeness (QED) is 0.796. The lowest BCUT2D eigenvalue weighted by atomic mass is 10.2. The second-order valence-electron chi connectivity index (χ2n) is 5.51. The molecule has 120 valence electrons. The Morgan fingerprint density at radius 1 is 1.19 bits per heavy atom. The molecule has 0 aliphatic carbocycles. The van der Waals surface area contributed by atoms with Crippen molar-refractivity contribution in [3.63, 3.8) is 0 Å². The van der Waals surface area contributed by atoms with E-state index in [0.29, 0.717) is 10.9 Å². The average Bonchev–Trinajstić information content (AvgIpc) is 2.45. The molecule has 0 heterocycles. The summed E-state index contributed by atoms with van der Waals surface area (Å²) in [6, 6.07) is 7.51. The van der Waals surface area contributed by atoms with Crippen molar-refractivity contribution < 1.29 is 8.42 Å². The molecule has 0 fully saturated rings. The van der Waals surface area contributed by atoms with Crippen LogP contribution in [0.1, 0.15) is 26.3 Å². The van der Waals surface area contributed by atoms with Gasteiger partial charge in [-0.3, -0.25) is 0 Å². The van der Waals surface area contributed by atoms with Crippen LogP contribution in [0.3, 0.4) is 0 Å². The van der Waals surface area contributed by atoms with Crippen LogP contribution in [-0.4, -0.2) is 43.9 Å². The highest BCUT2D eigenvalue weighted by Gasteiger charge is 2.24. The first-order valence-corrected chi connectivity index (χ1v) is 9.91. The minimum absolute atomic E-state index is 0.0210. The molecule has 1 atom stereocenters. The van der Waals surface area contributed by atoms with Gasteiger partial charge in [-0.25, -0.2) is 8.42 Å². The highest BCUT2D eigenvalue weighted by atomic mass is 32.2. The van der Waals surface area contributed by atoms with E-state index in [1.165, 1.54) is 4.31 Å². The van der Waals surface area contributed by atoms with E-state index in [1.54, 1.807) is 30.9 Å². The largest absolute Gasteiger partial charge is 0.310 e. The van der Waals surface area contributed by atoms with Gasteiger partial charge in [0.05, 0.1) is 4.90 Å². The van der Waals surface area contributed by atoms with Crippen LogP contribution < -0.4 is 5.32 Å². The number of sulfonamides is 1. The fourth-order valence-electron chi connectivity index (χ4n) is 1.85. The van der Waals surface area contributed by atoms with Crippen LogP contribution in [0.5, 0.6) is 0 Å².